The number of carbonyl (C=O) groups excluding carboxylic acids is 1. The number of rotatable bonds is 4. The van der Waals surface area contributed by atoms with E-state index in [2.05, 4.69) is 37.2 Å². The molecule has 0 aliphatic heterocycles. The Morgan fingerprint density at radius 3 is 2.62 bits per heavy atom. The van der Waals surface area contributed by atoms with E-state index in [4.69, 9.17) is 16.3 Å². The topological polar surface area (TPSA) is 38.3 Å². The van der Waals surface area contributed by atoms with Crippen molar-refractivity contribution in [1.82, 2.24) is 0 Å². The molecular weight excluding hydrogens is 421 g/mol. The molecular formula is C15H12Br2ClNO2. The monoisotopic (exact) mass is 431 g/mol. The van der Waals surface area contributed by atoms with Gasteiger partial charge >= 0.3 is 5.97 Å². The maximum Gasteiger partial charge on any atom is 0.337 e. The molecule has 0 spiro atoms. The number of halogens is 3. The van der Waals surface area contributed by atoms with Crippen LogP contribution in [0.15, 0.2) is 45.3 Å². The summed E-state index contributed by atoms with van der Waals surface area (Å²) in [5.41, 5.74) is 2.38. The quantitative estimate of drug-likeness (QED) is 0.668. The van der Waals surface area contributed by atoms with Crippen molar-refractivity contribution in [1.29, 1.82) is 0 Å². The average Bonchev–Trinajstić information content (AvgIpc) is 2.46. The number of hydrogen-bond donors (Lipinski definition) is 1. The van der Waals surface area contributed by atoms with Gasteiger partial charge < -0.3 is 10.1 Å². The zero-order valence-electron chi connectivity index (χ0n) is 11.1. The summed E-state index contributed by atoms with van der Waals surface area (Å²) in [5.74, 6) is -0.355. The second-order valence-corrected chi connectivity index (χ2v) is 6.45. The van der Waals surface area contributed by atoms with Gasteiger partial charge in [0.25, 0.3) is 0 Å². The molecule has 0 heterocycles. The highest BCUT2D eigenvalue weighted by Crippen LogP contribution is 2.27. The van der Waals surface area contributed by atoms with Crippen LogP contribution in [0.3, 0.4) is 0 Å². The second kappa shape index (κ2) is 7.29. The number of hydrogen-bond acceptors (Lipinski definition) is 3. The summed E-state index contributed by atoms with van der Waals surface area (Å²) in [6, 6.07) is 11.0. The lowest BCUT2D eigenvalue weighted by Gasteiger charge is -2.11. The van der Waals surface area contributed by atoms with Crippen LogP contribution in [-0.2, 0) is 11.3 Å². The average molecular weight is 434 g/mol. The Balaban J connectivity index is 2.11. The Labute approximate surface area is 144 Å². The van der Waals surface area contributed by atoms with Crippen LogP contribution in [0.25, 0.3) is 0 Å². The molecule has 2 aromatic rings. The minimum Gasteiger partial charge on any atom is -0.465 e. The van der Waals surface area contributed by atoms with Crippen LogP contribution in [0.4, 0.5) is 5.69 Å². The molecule has 0 fully saturated rings. The molecule has 0 aromatic heterocycles. The minimum absolute atomic E-state index is 0.355. The molecule has 0 radical (unpaired) electrons. The zero-order chi connectivity index (χ0) is 15.4. The van der Waals surface area contributed by atoms with E-state index in [1.54, 1.807) is 12.1 Å². The van der Waals surface area contributed by atoms with Gasteiger partial charge in [-0.2, -0.15) is 0 Å². The molecule has 6 heteroatoms. The third-order valence-corrected chi connectivity index (χ3v) is 4.42. The largest absolute Gasteiger partial charge is 0.465 e. The van der Waals surface area contributed by atoms with Gasteiger partial charge in [0.15, 0.2) is 0 Å². The highest BCUT2D eigenvalue weighted by Gasteiger charge is 2.09. The van der Waals surface area contributed by atoms with Crippen LogP contribution in [-0.4, -0.2) is 13.1 Å². The first-order valence-electron chi connectivity index (χ1n) is 6.07. The van der Waals surface area contributed by atoms with Gasteiger partial charge in [0.1, 0.15) is 0 Å². The lowest BCUT2D eigenvalue weighted by Crippen LogP contribution is -2.04. The summed E-state index contributed by atoms with van der Waals surface area (Å²) in [4.78, 5) is 11.5. The number of ether oxygens (including phenoxy) is 1. The number of anilines is 1. The summed E-state index contributed by atoms with van der Waals surface area (Å²) in [6.45, 7) is 0.587. The summed E-state index contributed by atoms with van der Waals surface area (Å²) in [5, 5.41) is 3.91. The number of nitrogens with one attached hydrogen (secondary N) is 1. The van der Waals surface area contributed by atoms with E-state index in [1.165, 1.54) is 7.11 Å². The molecule has 0 bridgehead atoms. The fourth-order valence-corrected chi connectivity index (χ4v) is 3.02. The third kappa shape index (κ3) is 4.22. The van der Waals surface area contributed by atoms with E-state index in [9.17, 15) is 4.79 Å². The SMILES string of the molecule is COC(=O)c1ccc(CNc2ccc(Br)cc2Cl)c(Br)c1. The molecule has 2 aromatic carbocycles. The highest BCUT2D eigenvalue weighted by molar-refractivity contribution is 9.10. The van der Waals surface area contributed by atoms with Crippen LogP contribution in [0, 0.1) is 0 Å². The van der Waals surface area contributed by atoms with Crippen LogP contribution in [0.5, 0.6) is 0 Å². The molecule has 0 atom stereocenters. The fourth-order valence-electron chi connectivity index (χ4n) is 1.76. The molecule has 110 valence electrons. The molecule has 0 unspecified atom stereocenters. The van der Waals surface area contributed by atoms with Crippen LogP contribution in [0.2, 0.25) is 5.02 Å². The van der Waals surface area contributed by atoms with E-state index in [0.717, 1.165) is 20.2 Å². The van der Waals surface area contributed by atoms with Crippen LogP contribution >= 0.6 is 43.5 Å². The molecule has 2 rings (SSSR count). The summed E-state index contributed by atoms with van der Waals surface area (Å²) in [7, 11) is 1.36. The van der Waals surface area contributed by atoms with Gasteiger partial charge in [0.2, 0.25) is 0 Å². The molecule has 0 aliphatic carbocycles. The predicted octanol–water partition coefficient (Wildman–Crippen LogP) is 5.26. The Morgan fingerprint density at radius 1 is 1.24 bits per heavy atom. The second-order valence-electron chi connectivity index (χ2n) is 4.28. The zero-order valence-corrected chi connectivity index (χ0v) is 15.0. The number of esters is 1. The van der Waals surface area contributed by atoms with Gasteiger partial charge in [0, 0.05) is 15.5 Å². The van der Waals surface area contributed by atoms with E-state index < -0.39 is 0 Å². The number of carbonyl (C=O) groups is 1. The van der Waals surface area contributed by atoms with Gasteiger partial charge in [-0.25, -0.2) is 4.79 Å². The summed E-state index contributed by atoms with van der Waals surface area (Å²) in [6.07, 6.45) is 0. The van der Waals surface area contributed by atoms with E-state index in [1.807, 2.05) is 24.3 Å². The molecule has 1 N–H and O–H groups in total. The van der Waals surface area contributed by atoms with Crippen molar-refractivity contribution in [3.63, 3.8) is 0 Å². The summed E-state index contributed by atoms with van der Waals surface area (Å²) >= 11 is 13.0. The van der Waals surface area contributed by atoms with E-state index >= 15 is 0 Å². The van der Waals surface area contributed by atoms with Crippen molar-refractivity contribution in [2.45, 2.75) is 6.54 Å². The minimum atomic E-state index is -0.355. The summed E-state index contributed by atoms with van der Waals surface area (Å²) < 4.78 is 6.46. The van der Waals surface area contributed by atoms with Gasteiger partial charge in [-0.05, 0) is 35.9 Å². The van der Waals surface area contributed by atoms with Gasteiger partial charge in [-0.15, -0.1) is 0 Å². The standard InChI is InChI=1S/C15H12Br2ClNO2/c1-21-15(20)9-2-3-10(12(17)6-9)8-19-14-5-4-11(16)7-13(14)18/h2-7,19H,8H2,1H3. The van der Waals surface area contributed by atoms with Crippen molar-refractivity contribution in [3.8, 4) is 0 Å². The number of methoxy groups -OCH3 is 1. The van der Waals surface area contributed by atoms with Crippen LogP contribution in [0.1, 0.15) is 15.9 Å². The van der Waals surface area contributed by atoms with Gasteiger partial charge in [0.05, 0.1) is 23.4 Å². The normalized spacial score (nSPS) is 10.3. The maximum atomic E-state index is 11.5. The molecule has 0 saturated carbocycles. The molecule has 0 aliphatic rings. The van der Waals surface area contributed by atoms with Crippen LogP contribution < -0.4 is 5.32 Å². The lowest BCUT2D eigenvalue weighted by atomic mass is 10.1. The first kappa shape index (κ1) is 16.3. The van der Waals surface area contributed by atoms with Crippen molar-refractivity contribution in [2.75, 3.05) is 12.4 Å². The Bertz CT molecular complexity index is 677. The first-order valence-corrected chi connectivity index (χ1v) is 8.03. The smallest absolute Gasteiger partial charge is 0.337 e. The molecule has 21 heavy (non-hydrogen) atoms. The van der Waals surface area contributed by atoms with Crippen molar-refractivity contribution >= 4 is 55.1 Å². The van der Waals surface area contributed by atoms with Crippen molar-refractivity contribution in [3.05, 3.63) is 61.5 Å². The molecule has 0 saturated heterocycles. The van der Waals surface area contributed by atoms with Crippen molar-refractivity contribution < 1.29 is 9.53 Å². The highest BCUT2D eigenvalue weighted by atomic mass is 79.9. The fraction of sp³-hybridized carbons (Fsp3) is 0.133. The number of benzene rings is 2. The predicted molar refractivity (Wildman–Crippen MR) is 92.0 cm³/mol. The molecule has 0 amide bonds. The Hall–Kier alpha value is -1.04. The molecule has 3 nitrogen and oxygen atoms in total. The van der Waals surface area contributed by atoms with Gasteiger partial charge in [-0.3, -0.25) is 0 Å². The third-order valence-electron chi connectivity index (χ3n) is 2.87. The van der Waals surface area contributed by atoms with E-state index in [0.29, 0.717) is 17.1 Å². The van der Waals surface area contributed by atoms with Crippen molar-refractivity contribution in [2.24, 2.45) is 0 Å². The Morgan fingerprint density at radius 2 is 2.00 bits per heavy atom. The van der Waals surface area contributed by atoms with E-state index in [-0.39, 0.29) is 5.97 Å². The maximum absolute atomic E-state index is 11.5. The first-order chi connectivity index (χ1) is 10.0. The van der Waals surface area contributed by atoms with Gasteiger partial charge in [-0.1, -0.05) is 49.5 Å². The Kier molecular flexibility index (Phi) is 5.67. The lowest BCUT2D eigenvalue weighted by molar-refractivity contribution is 0.0600.